The number of ether oxygens (including phenoxy) is 1. The van der Waals surface area contributed by atoms with Crippen molar-refractivity contribution >= 4 is 23.4 Å². The van der Waals surface area contributed by atoms with Gasteiger partial charge in [-0.15, -0.1) is 0 Å². The molecule has 4 aliphatic rings. The number of carbonyl (C=O) groups excluding carboxylic acids is 4. The summed E-state index contributed by atoms with van der Waals surface area (Å²) in [6.45, 7) is 1.61. The summed E-state index contributed by atoms with van der Waals surface area (Å²) in [5.74, 6) is -2.84. The smallest absolute Gasteiger partial charge is 0.233 e. The van der Waals surface area contributed by atoms with Gasteiger partial charge in [0.2, 0.25) is 11.8 Å². The number of allylic oxidation sites excluding steroid dienone is 6. The molecule has 5 rings (SSSR count). The first-order chi connectivity index (χ1) is 15.3. The third kappa shape index (κ3) is 2.60. The van der Waals surface area contributed by atoms with E-state index >= 15 is 0 Å². The van der Waals surface area contributed by atoms with Crippen LogP contribution >= 0.6 is 0 Å². The van der Waals surface area contributed by atoms with Crippen LogP contribution in [0.3, 0.4) is 0 Å². The Morgan fingerprint density at radius 1 is 1.09 bits per heavy atom. The van der Waals surface area contributed by atoms with Crippen molar-refractivity contribution in [1.29, 1.82) is 0 Å². The number of ketones is 2. The highest BCUT2D eigenvalue weighted by atomic mass is 16.5. The molecule has 7 nitrogen and oxygen atoms in total. The number of amides is 2. The van der Waals surface area contributed by atoms with Gasteiger partial charge in [0.05, 0.1) is 18.9 Å². The van der Waals surface area contributed by atoms with Crippen LogP contribution in [0, 0.1) is 17.8 Å². The van der Waals surface area contributed by atoms with E-state index in [1.807, 2.05) is 6.08 Å². The Hall–Kier alpha value is -3.48. The minimum absolute atomic E-state index is 0.0525. The molecule has 0 saturated carbocycles. The third-order valence-corrected chi connectivity index (χ3v) is 7.34. The van der Waals surface area contributed by atoms with Gasteiger partial charge in [0.15, 0.2) is 11.6 Å². The molecule has 0 aromatic heterocycles. The lowest BCUT2D eigenvalue weighted by Crippen LogP contribution is -2.39. The lowest BCUT2D eigenvalue weighted by molar-refractivity contribution is -0.138. The summed E-state index contributed by atoms with van der Waals surface area (Å²) < 4.78 is 5.52. The average Bonchev–Trinajstić information content (AvgIpc) is 3.00. The lowest BCUT2D eigenvalue weighted by atomic mass is 9.59. The number of aromatic hydroxyl groups is 1. The Morgan fingerprint density at radius 2 is 1.84 bits per heavy atom. The number of Topliss-reactive ketones (excluding diaryl/α,β-unsaturated/α-hetero) is 1. The quantitative estimate of drug-likeness (QED) is 0.437. The van der Waals surface area contributed by atoms with Crippen LogP contribution in [0.5, 0.6) is 11.5 Å². The summed E-state index contributed by atoms with van der Waals surface area (Å²) >= 11 is 0. The first-order valence-electron chi connectivity index (χ1n) is 10.6. The van der Waals surface area contributed by atoms with Crippen LogP contribution in [0.1, 0.15) is 31.2 Å². The van der Waals surface area contributed by atoms with Gasteiger partial charge in [0.1, 0.15) is 11.5 Å². The van der Waals surface area contributed by atoms with Crippen molar-refractivity contribution < 1.29 is 29.0 Å². The highest BCUT2D eigenvalue weighted by molar-refractivity contribution is 6.24. The highest BCUT2D eigenvalue weighted by Gasteiger charge is 2.55. The van der Waals surface area contributed by atoms with Crippen molar-refractivity contribution in [3.8, 4) is 11.5 Å². The largest absolute Gasteiger partial charge is 0.507 e. The molecular formula is C25H23NO6. The van der Waals surface area contributed by atoms with E-state index < -0.39 is 23.7 Å². The SMILES string of the molecule is COc1cccc(O)c1C1C2=CCC3C(=O)N(C)C(=O)C3C2CC2=C1C(=O)C(C)=CC2=O. The van der Waals surface area contributed by atoms with Gasteiger partial charge in [-0.1, -0.05) is 17.7 Å². The molecule has 164 valence electrons. The number of likely N-dealkylation sites (tertiary alicyclic amines) is 1. The number of phenols is 1. The third-order valence-electron chi connectivity index (χ3n) is 7.34. The number of carbonyl (C=O) groups is 4. The van der Waals surface area contributed by atoms with E-state index in [-0.39, 0.29) is 35.6 Å². The molecule has 0 spiro atoms. The fourth-order valence-electron chi connectivity index (χ4n) is 5.85. The Labute approximate surface area is 185 Å². The van der Waals surface area contributed by atoms with Gasteiger partial charge in [0.25, 0.3) is 0 Å². The lowest BCUT2D eigenvalue weighted by Gasteiger charge is -2.42. The van der Waals surface area contributed by atoms with E-state index in [1.54, 1.807) is 19.1 Å². The monoisotopic (exact) mass is 433 g/mol. The van der Waals surface area contributed by atoms with Gasteiger partial charge in [0, 0.05) is 35.2 Å². The van der Waals surface area contributed by atoms with Crippen molar-refractivity contribution in [1.82, 2.24) is 4.90 Å². The van der Waals surface area contributed by atoms with E-state index in [2.05, 4.69) is 0 Å². The molecule has 2 amide bonds. The predicted molar refractivity (Wildman–Crippen MR) is 114 cm³/mol. The standard InChI is InChI=1S/C25H23NO6/c1-11-9-17(28)15-10-14-12(7-8-13-19(14)25(31)26(2)24(13)30)20(21(15)23(11)29)22-16(27)5-4-6-18(22)32-3/h4-7,9,13-14,19-20,27H,8,10H2,1-3H3. The second-order valence-electron chi connectivity index (χ2n) is 8.86. The number of benzene rings is 1. The summed E-state index contributed by atoms with van der Waals surface area (Å²) in [6.07, 6.45) is 3.85. The summed E-state index contributed by atoms with van der Waals surface area (Å²) in [7, 11) is 2.97. The number of rotatable bonds is 2. The Balaban J connectivity index is 1.77. The van der Waals surface area contributed by atoms with Crippen molar-refractivity contribution in [2.45, 2.75) is 25.7 Å². The molecule has 1 aromatic carbocycles. The summed E-state index contributed by atoms with van der Waals surface area (Å²) in [5, 5.41) is 10.8. The van der Waals surface area contributed by atoms with E-state index in [0.717, 1.165) is 5.57 Å². The predicted octanol–water partition coefficient (Wildman–Crippen LogP) is 2.46. The molecule has 1 aromatic rings. The molecule has 1 aliphatic heterocycles. The zero-order valence-electron chi connectivity index (χ0n) is 18.0. The molecule has 0 bridgehead atoms. The molecule has 32 heavy (non-hydrogen) atoms. The maximum atomic E-state index is 13.3. The molecule has 1 saturated heterocycles. The fraction of sp³-hybridized carbons (Fsp3) is 0.360. The number of fused-ring (bicyclic) bond motifs is 3. The molecule has 3 aliphatic carbocycles. The minimum atomic E-state index is -0.727. The van der Waals surface area contributed by atoms with E-state index in [9.17, 15) is 24.3 Å². The van der Waals surface area contributed by atoms with E-state index in [4.69, 9.17) is 4.74 Å². The highest BCUT2D eigenvalue weighted by Crippen LogP contribution is 2.57. The van der Waals surface area contributed by atoms with E-state index in [1.165, 1.54) is 31.2 Å². The Kier molecular flexibility index (Phi) is 4.48. The van der Waals surface area contributed by atoms with Crippen LogP contribution in [0.15, 0.2) is 52.6 Å². The molecule has 4 unspecified atom stereocenters. The van der Waals surface area contributed by atoms with Gasteiger partial charge < -0.3 is 9.84 Å². The van der Waals surface area contributed by atoms with E-state index in [0.29, 0.717) is 34.5 Å². The summed E-state index contributed by atoms with van der Waals surface area (Å²) in [4.78, 5) is 53.2. The molecule has 1 N–H and O–H groups in total. The first kappa shape index (κ1) is 20.4. The number of hydrogen-bond donors (Lipinski definition) is 1. The van der Waals surface area contributed by atoms with Gasteiger partial charge in [-0.2, -0.15) is 0 Å². The maximum Gasteiger partial charge on any atom is 0.233 e. The van der Waals surface area contributed by atoms with Crippen molar-refractivity contribution in [2.75, 3.05) is 14.2 Å². The molecule has 1 fully saturated rings. The first-order valence-corrected chi connectivity index (χ1v) is 10.6. The topological polar surface area (TPSA) is 101 Å². The molecular weight excluding hydrogens is 410 g/mol. The van der Waals surface area contributed by atoms with Crippen LogP contribution in [-0.2, 0) is 19.2 Å². The van der Waals surface area contributed by atoms with Crippen molar-refractivity contribution in [3.63, 3.8) is 0 Å². The normalized spacial score (nSPS) is 29.4. The Bertz CT molecular complexity index is 1200. The second kappa shape index (κ2) is 7.02. The zero-order chi connectivity index (χ0) is 22.9. The number of imide groups is 1. The van der Waals surface area contributed by atoms with Crippen LogP contribution in [-0.4, -0.2) is 47.5 Å². The second-order valence-corrected chi connectivity index (χ2v) is 8.86. The number of phenolic OH excluding ortho intramolecular Hbond substituents is 1. The van der Waals surface area contributed by atoms with Crippen molar-refractivity contribution in [2.24, 2.45) is 17.8 Å². The van der Waals surface area contributed by atoms with Gasteiger partial charge in [-0.05, 0) is 43.9 Å². The number of nitrogens with zero attached hydrogens (tertiary/aromatic N) is 1. The van der Waals surface area contributed by atoms with Crippen LogP contribution < -0.4 is 4.74 Å². The van der Waals surface area contributed by atoms with Crippen LogP contribution in [0.2, 0.25) is 0 Å². The Morgan fingerprint density at radius 3 is 2.56 bits per heavy atom. The summed E-state index contributed by atoms with van der Waals surface area (Å²) in [6, 6.07) is 4.86. The maximum absolute atomic E-state index is 13.3. The zero-order valence-corrected chi connectivity index (χ0v) is 18.0. The van der Waals surface area contributed by atoms with Gasteiger partial charge in [-0.3, -0.25) is 24.1 Å². The molecule has 7 heteroatoms. The molecule has 0 radical (unpaired) electrons. The van der Waals surface area contributed by atoms with Gasteiger partial charge in [-0.25, -0.2) is 0 Å². The van der Waals surface area contributed by atoms with Gasteiger partial charge >= 0.3 is 0 Å². The summed E-state index contributed by atoms with van der Waals surface area (Å²) in [5.41, 5.74) is 2.22. The minimum Gasteiger partial charge on any atom is -0.507 e. The van der Waals surface area contributed by atoms with Crippen LogP contribution in [0.25, 0.3) is 0 Å². The molecule has 1 heterocycles. The molecule has 4 atom stereocenters. The average molecular weight is 433 g/mol. The van der Waals surface area contributed by atoms with Crippen molar-refractivity contribution in [3.05, 3.63) is 58.2 Å². The number of methoxy groups -OCH3 is 1. The fourth-order valence-corrected chi connectivity index (χ4v) is 5.85. The van der Waals surface area contributed by atoms with Crippen LogP contribution in [0.4, 0.5) is 0 Å². The number of hydrogen-bond acceptors (Lipinski definition) is 6.